The number of rotatable bonds is 5. The summed E-state index contributed by atoms with van der Waals surface area (Å²) in [5.41, 5.74) is 1.11. The number of benzene rings is 1. The van der Waals surface area contributed by atoms with E-state index < -0.39 is 10.0 Å². The predicted molar refractivity (Wildman–Crippen MR) is 98.8 cm³/mol. The molecule has 0 aliphatic heterocycles. The van der Waals surface area contributed by atoms with Crippen LogP contribution in [0.15, 0.2) is 29.2 Å². The molecule has 0 heterocycles. The van der Waals surface area contributed by atoms with Gasteiger partial charge >= 0.3 is 6.03 Å². The monoisotopic (exact) mass is 367 g/mol. The smallest absolute Gasteiger partial charge is 0.315 e. The molecule has 1 unspecified atom stereocenters. The lowest BCUT2D eigenvalue weighted by Crippen LogP contribution is -2.45. The summed E-state index contributed by atoms with van der Waals surface area (Å²) in [7, 11) is -2.12. The van der Waals surface area contributed by atoms with E-state index in [2.05, 4.69) is 29.2 Å². The first kappa shape index (κ1) is 19.7. The molecule has 1 fully saturated rings. The minimum atomic E-state index is -3.49. The molecule has 7 heteroatoms. The van der Waals surface area contributed by atoms with Crippen LogP contribution in [0.5, 0.6) is 0 Å². The molecule has 1 aromatic rings. The molecule has 1 saturated carbocycles. The van der Waals surface area contributed by atoms with E-state index in [1.54, 1.807) is 12.1 Å². The first-order valence-electron chi connectivity index (χ1n) is 8.73. The first-order valence-corrected chi connectivity index (χ1v) is 10.2. The fraction of sp³-hybridized carbons (Fsp3) is 0.611. The Morgan fingerprint density at radius 2 is 1.88 bits per heavy atom. The highest BCUT2D eigenvalue weighted by Crippen LogP contribution is 2.34. The molecule has 140 valence electrons. The van der Waals surface area contributed by atoms with Crippen molar-refractivity contribution in [2.45, 2.75) is 63.4 Å². The minimum Gasteiger partial charge on any atom is -0.335 e. The maximum atomic E-state index is 12.2. The molecule has 1 aliphatic carbocycles. The van der Waals surface area contributed by atoms with E-state index in [0.717, 1.165) is 31.2 Å². The average molecular weight is 368 g/mol. The van der Waals surface area contributed by atoms with Gasteiger partial charge in [0.15, 0.2) is 0 Å². The number of nitrogens with one attached hydrogen (secondary N) is 3. The Hall–Kier alpha value is -1.60. The third-order valence-electron chi connectivity index (χ3n) is 4.96. The number of amides is 2. The van der Waals surface area contributed by atoms with Crippen LogP contribution < -0.4 is 15.4 Å². The fourth-order valence-electron chi connectivity index (χ4n) is 3.12. The molecule has 3 N–H and O–H groups in total. The number of carbonyl (C=O) groups excluding carboxylic acids is 1. The van der Waals surface area contributed by atoms with E-state index in [1.807, 2.05) is 13.0 Å². The molecule has 0 aromatic heterocycles. The van der Waals surface area contributed by atoms with Crippen molar-refractivity contribution < 1.29 is 13.2 Å². The Morgan fingerprint density at radius 1 is 1.24 bits per heavy atom. The average Bonchev–Trinajstić information content (AvgIpc) is 2.57. The molecule has 2 amide bonds. The molecular formula is C18H29N3O3S. The summed E-state index contributed by atoms with van der Waals surface area (Å²) in [5.74, 6) is 0. The number of hydrogen-bond acceptors (Lipinski definition) is 3. The van der Waals surface area contributed by atoms with Crippen molar-refractivity contribution in [1.82, 2.24) is 15.4 Å². The van der Waals surface area contributed by atoms with E-state index >= 15 is 0 Å². The molecule has 0 bridgehead atoms. The SMILES string of the molecule is CNS(=O)(=O)c1cccc(C(C)NC(=O)NC2CCC(C)(C)CC2)c1. The summed E-state index contributed by atoms with van der Waals surface area (Å²) in [4.78, 5) is 12.4. The van der Waals surface area contributed by atoms with Crippen LogP contribution in [0.2, 0.25) is 0 Å². The quantitative estimate of drug-likeness (QED) is 0.748. The third kappa shape index (κ3) is 5.44. The lowest BCUT2D eigenvalue weighted by Gasteiger charge is -2.34. The maximum absolute atomic E-state index is 12.2. The number of sulfonamides is 1. The van der Waals surface area contributed by atoms with Crippen molar-refractivity contribution in [3.05, 3.63) is 29.8 Å². The largest absolute Gasteiger partial charge is 0.335 e. The second-order valence-electron chi connectivity index (χ2n) is 7.56. The van der Waals surface area contributed by atoms with Crippen LogP contribution in [0.25, 0.3) is 0 Å². The number of hydrogen-bond donors (Lipinski definition) is 3. The standard InChI is InChI=1S/C18H29N3O3S/c1-13(14-6-5-7-16(12-14)25(23,24)19-4)20-17(22)21-15-8-10-18(2,3)11-9-15/h5-7,12-13,15,19H,8-11H2,1-4H3,(H2,20,21,22). The minimum absolute atomic E-state index is 0.191. The van der Waals surface area contributed by atoms with Crippen molar-refractivity contribution in [1.29, 1.82) is 0 Å². The lowest BCUT2D eigenvalue weighted by molar-refractivity contribution is 0.196. The van der Waals surface area contributed by atoms with Crippen molar-refractivity contribution in [2.75, 3.05) is 7.05 Å². The summed E-state index contributed by atoms with van der Waals surface area (Å²) in [6.45, 7) is 6.36. The lowest BCUT2D eigenvalue weighted by atomic mass is 9.76. The van der Waals surface area contributed by atoms with Gasteiger partial charge in [-0.1, -0.05) is 26.0 Å². The van der Waals surface area contributed by atoms with E-state index in [-0.39, 0.29) is 23.0 Å². The molecule has 0 radical (unpaired) electrons. The second kappa shape index (κ2) is 7.74. The summed E-state index contributed by atoms with van der Waals surface area (Å²) < 4.78 is 26.1. The van der Waals surface area contributed by atoms with Gasteiger partial charge in [-0.15, -0.1) is 0 Å². The molecule has 1 atom stereocenters. The van der Waals surface area contributed by atoms with Crippen LogP contribution in [0, 0.1) is 5.41 Å². The van der Waals surface area contributed by atoms with Crippen molar-refractivity contribution in [3.63, 3.8) is 0 Å². The first-order chi connectivity index (χ1) is 11.6. The van der Waals surface area contributed by atoms with Gasteiger partial charge in [-0.3, -0.25) is 0 Å². The summed E-state index contributed by atoms with van der Waals surface area (Å²) >= 11 is 0. The van der Waals surface area contributed by atoms with E-state index in [0.29, 0.717) is 5.41 Å². The van der Waals surface area contributed by atoms with E-state index in [4.69, 9.17) is 0 Å². The summed E-state index contributed by atoms with van der Waals surface area (Å²) in [6.07, 6.45) is 4.20. The van der Waals surface area contributed by atoms with Gasteiger partial charge in [-0.25, -0.2) is 17.9 Å². The van der Waals surface area contributed by atoms with Crippen molar-refractivity contribution in [3.8, 4) is 0 Å². The van der Waals surface area contributed by atoms with Gasteiger partial charge in [0.1, 0.15) is 0 Å². The Labute approximate surface area is 150 Å². The Bertz CT molecular complexity index is 706. The highest BCUT2D eigenvalue weighted by molar-refractivity contribution is 7.89. The zero-order chi connectivity index (χ0) is 18.7. The fourth-order valence-corrected chi connectivity index (χ4v) is 3.90. The van der Waals surface area contributed by atoms with E-state index in [1.165, 1.54) is 13.1 Å². The topological polar surface area (TPSA) is 87.3 Å². The Morgan fingerprint density at radius 3 is 2.48 bits per heavy atom. The van der Waals surface area contributed by atoms with Gasteiger partial charge in [0, 0.05) is 6.04 Å². The summed E-state index contributed by atoms with van der Waals surface area (Å²) in [5, 5.41) is 5.93. The summed E-state index contributed by atoms with van der Waals surface area (Å²) in [6, 6.07) is 6.32. The molecule has 0 spiro atoms. The Kier molecular flexibility index (Phi) is 6.11. The molecule has 0 saturated heterocycles. The predicted octanol–water partition coefficient (Wildman–Crippen LogP) is 2.92. The van der Waals surface area contributed by atoms with Gasteiger partial charge in [0.25, 0.3) is 0 Å². The van der Waals surface area contributed by atoms with Gasteiger partial charge in [-0.05, 0) is 62.8 Å². The van der Waals surface area contributed by atoms with Crippen LogP contribution in [-0.4, -0.2) is 27.5 Å². The molecule has 1 aromatic carbocycles. The van der Waals surface area contributed by atoms with Crippen LogP contribution in [0.4, 0.5) is 4.79 Å². The second-order valence-corrected chi connectivity index (χ2v) is 9.44. The third-order valence-corrected chi connectivity index (χ3v) is 6.37. The molecule has 1 aliphatic rings. The number of carbonyl (C=O) groups is 1. The van der Waals surface area contributed by atoms with Gasteiger partial charge in [0.2, 0.25) is 10.0 Å². The van der Waals surface area contributed by atoms with E-state index in [9.17, 15) is 13.2 Å². The highest BCUT2D eigenvalue weighted by atomic mass is 32.2. The molecule has 25 heavy (non-hydrogen) atoms. The van der Waals surface area contributed by atoms with Crippen LogP contribution in [0.3, 0.4) is 0 Å². The van der Waals surface area contributed by atoms with Crippen LogP contribution in [-0.2, 0) is 10.0 Å². The number of urea groups is 1. The molecule has 6 nitrogen and oxygen atoms in total. The van der Waals surface area contributed by atoms with Crippen LogP contribution in [0.1, 0.15) is 58.1 Å². The maximum Gasteiger partial charge on any atom is 0.315 e. The Balaban J connectivity index is 1.94. The van der Waals surface area contributed by atoms with Crippen molar-refractivity contribution in [2.24, 2.45) is 5.41 Å². The normalized spacial score (nSPS) is 19.2. The van der Waals surface area contributed by atoms with Gasteiger partial charge in [0.05, 0.1) is 10.9 Å². The van der Waals surface area contributed by atoms with Gasteiger partial charge in [-0.2, -0.15) is 0 Å². The molecular weight excluding hydrogens is 338 g/mol. The zero-order valence-corrected chi connectivity index (χ0v) is 16.2. The zero-order valence-electron chi connectivity index (χ0n) is 15.4. The molecule has 2 rings (SSSR count). The van der Waals surface area contributed by atoms with Crippen molar-refractivity contribution >= 4 is 16.1 Å². The van der Waals surface area contributed by atoms with Gasteiger partial charge < -0.3 is 10.6 Å². The van der Waals surface area contributed by atoms with Crippen LogP contribution >= 0.6 is 0 Å². The highest BCUT2D eigenvalue weighted by Gasteiger charge is 2.27.